The van der Waals surface area contributed by atoms with E-state index in [1.54, 1.807) is 10.9 Å². The van der Waals surface area contributed by atoms with Crippen LogP contribution < -0.4 is 0 Å². The van der Waals surface area contributed by atoms with E-state index in [0.717, 1.165) is 51.4 Å². The highest BCUT2D eigenvalue weighted by Crippen LogP contribution is 2.25. The molecule has 0 bridgehead atoms. The summed E-state index contributed by atoms with van der Waals surface area (Å²) >= 11 is 0. The van der Waals surface area contributed by atoms with E-state index in [4.69, 9.17) is 4.74 Å². The van der Waals surface area contributed by atoms with Crippen molar-refractivity contribution < 1.29 is 9.84 Å². The van der Waals surface area contributed by atoms with E-state index in [2.05, 4.69) is 15.1 Å². The van der Waals surface area contributed by atoms with Crippen molar-refractivity contribution in [2.75, 3.05) is 19.8 Å². The average molecular weight is 317 g/mol. The van der Waals surface area contributed by atoms with Crippen molar-refractivity contribution >= 4 is 0 Å². The number of aryl methyl sites for hydroxylation is 1. The normalized spacial score (nSPS) is 21.3. The minimum atomic E-state index is -0.725. The second kappa shape index (κ2) is 6.07. The first-order chi connectivity index (χ1) is 11.2. The monoisotopic (exact) mass is 317 g/mol. The van der Waals surface area contributed by atoms with Crippen molar-refractivity contribution in [2.45, 2.75) is 38.1 Å². The van der Waals surface area contributed by atoms with Gasteiger partial charge in [0.25, 0.3) is 0 Å². The van der Waals surface area contributed by atoms with Crippen LogP contribution in [-0.2, 0) is 24.9 Å². The van der Waals surface area contributed by atoms with Gasteiger partial charge in [-0.3, -0.25) is 14.3 Å². The summed E-state index contributed by atoms with van der Waals surface area (Å²) in [7, 11) is 1.83. The molecule has 0 aliphatic carbocycles. The van der Waals surface area contributed by atoms with E-state index < -0.39 is 6.10 Å². The molecule has 4 heterocycles. The van der Waals surface area contributed by atoms with Gasteiger partial charge in [-0.05, 0) is 25.0 Å². The van der Waals surface area contributed by atoms with E-state index in [-0.39, 0.29) is 0 Å². The van der Waals surface area contributed by atoms with Crippen LogP contribution >= 0.6 is 0 Å². The molecule has 2 aromatic heterocycles. The Morgan fingerprint density at radius 2 is 2.13 bits per heavy atom. The highest BCUT2D eigenvalue weighted by molar-refractivity contribution is 5.22. The molecule has 7 heteroatoms. The Kier molecular flexibility index (Phi) is 3.92. The predicted molar refractivity (Wildman–Crippen MR) is 83.7 cm³/mol. The zero-order chi connectivity index (χ0) is 15.8. The third-order valence-corrected chi connectivity index (χ3v) is 4.97. The summed E-state index contributed by atoms with van der Waals surface area (Å²) in [6, 6.07) is 4.47. The van der Waals surface area contributed by atoms with Crippen molar-refractivity contribution in [3.8, 4) is 0 Å². The summed E-state index contributed by atoms with van der Waals surface area (Å²) in [6.07, 6.45) is 3.19. The number of hydrogen-bond donors (Lipinski definition) is 1. The maximum absolute atomic E-state index is 10.6. The first-order valence-corrected chi connectivity index (χ1v) is 8.27. The van der Waals surface area contributed by atoms with Gasteiger partial charge >= 0.3 is 0 Å². The molecule has 0 radical (unpaired) electrons. The largest absolute Gasteiger partial charge is 0.381 e. The number of aromatic nitrogens is 4. The summed E-state index contributed by atoms with van der Waals surface area (Å²) in [5.74, 6) is 0. The van der Waals surface area contributed by atoms with Crippen molar-refractivity contribution in [2.24, 2.45) is 7.05 Å². The maximum Gasteiger partial charge on any atom is 0.139 e. The summed E-state index contributed by atoms with van der Waals surface area (Å²) in [5.41, 5.74) is 2.65. The molecule has 1 fully saturated rings. The van der Waals surface area contributed by atoms with Gasteiger partial charge in [-0.1, -0.05) is 0 Å². The van der Waals surface area contributed by atoms with Gasteiger partial charge in [0.05, 0.1) is 23.6 Å². The molecule has 0 spiro atoms. The van der Waals surface area contributed by atoms with Gasteiger partial charge in [0, 0.05) is 45.6 Å². The van der Waals surface area contributed by atoms with Gasteiger partial charge in [0.1, 0.15) is 6.10 Å². The molecule has 1 saturated heterocycles. The van der Waals surface area contributed by atoms with Crippen LogP contribution in [0.15, 0.2) is 18.3 Å². The van der Waals surface area contributed by atoms with Crippen LogP contribution in [0.4, 0.5) is 0 Å². The Labute approximate surface area is 135 Å². The molecule has 0 aromatic carbocycles. The number of ether oxygens (including phenoxy) is 1. The quantitative estimate of drug-likeness (QED) is 0.902. The van der Waals surface area contributed by atoms with E-state index in [0.29, 0.717) is 11.7 Å². The highest BCUT2D eigenvalue weighted by atomic mass is 16.5. The lowest BCUT2D eigenvalue weighted by atomic mass is 10.1. The van der Waals surface area contributed by atoms with Crippen molar-refractivity contribution in [3.63, 3.8) is 0 Å². The van der Waals surface area contributed by atoms with Crippen molar-refractivity contribution in [1.82, 2.24) is 24.5 Å². The SMILES string of the molecule is Cn1nccc1[C@@H](O)c1cc2n(n1)CCN(C1CCOCC1)C2. The first kappa shape index (κ1) is 14.9. The predicted octanol–water partition coefficient (Wildman–Crippen LogP) is 0.693. The molecule has 2 aliphatic heterocycles. The molecule has 2 aliphatic rings. The molecule has 0 unspecified atom stereocenters. The topological polar surface area (TPSA) is 68.3 Å². The van der Waals surface area contributed by atoms with Crippen LogP contribution in [0.1, 0.15) is 36.0 Å². The molecule has 2 aromatic rings. The lowest BCUT2D eigenvalue weighted by molar-refractivity contribution is 0.0232. The molecule has 7 nitrogen and oxygen atoms in total. The zero-order valence-electron chi connectivity index (χ0n) is 13.4. The van der Waals surface area contributed by atoms with Crippen LogP contribution in [0.5, 0.6) is 0 Å². The van der Waals surface area contributed by atoms with Gasteiger partial charge in [0.15, 0.2) is 0 Å². The Morgan fingerprint density at radius 1 is 1.30 bits per heavy atom. The Balaban J connectivity index is 1.52. The van der Waals surface area contributed by atoms with Gasteiger partial charge in [-0.15, -0.1) is 0 Å². The zero-order valence-corrected chi connectivity index (χ0v) is 13.4. The standard InChI is InChI=1S/C16H23N5O2/c1-19-15(2-5-17-19)16(22)14-10-13-11-20(6-7-21(13)18-14)12-3-8-23-9-4-12/h2,5,10,12,16,22H,3-4,6-9,11H2,1H3/t16-/m0/s1. The van der Waals surface area contributed by atoms with Crippen molar-refractivity contribution in [3.05, 3.63) is 35.4 Å². The lowest BCUT2D eigenvalue weighted by Gasteiger charge is -2.36. The van der Waals surface area contributed by atoms with Gasteiger partial charge in [-0.2, -0.15) is 10.2 Å². The number of fused-ring (bicyclic) bond motifs is 1. The summed E-state index contributed by atoms with van der Waals surface area (Å²) < 4.78 is 9.19. The molecular weight excluding hydrogens is 294 g/mol. The van der Waals surface area contributed by atoms with Crippen LogP contribution in [0.25, 0.3) is 0 Å². The Morgan fingerprint density at radius 3 is 2.87 bits per heavy atom. The third kappa shape index (κ3) is 2.80. The minimum Gasteiger partial charge on any atom is -0.381 e. The molecule has 1 atom stereocenters. The van der Waals surface area contributed by atoms with Gasteiger partial charge < -0.3 is 9.84 Å². The lowest BCUT2D eigenvalue weighted by Crippen LogP contribution is -2.43. The molecule has 23 heavy (non-hydrogen) atoms. The number of hydrogen-bond acceptors (Lipinski definition) is 5. The fourth-order valence-electron chi connectivity index (χ4n) is 3.61. The number of rotatable bonds is 3. The smallest absolute Gasteiger partial charge is 0.139 e. The molecular formula is C16H23N5O2. The van der Waals surface area contributed by atoms with E-state index in [1.165, 1.54) is 5.69 Å². The van der Waals surface area contributed by atoms with E-state index >= 15 is 0 Å². The van der Waals surface area contributed by atoms with Crippen LogP contribution in [0.3, 0.4) is 0 Å². The minimum absolute atomic E-state index is 0.609. The van der Waals surface area contributed by atoms with E-state index in [9.17, 15) is 5.11 Å². The third-order valence-electron chi connectivity index (χ3n) is 4.97. The van der Waals surface area contributed by atoms with E-state index in [1.807, 2.05) is 23.9 Å². The molecule has 4 rings (SSSR count). The molecule has 1 N–H and O–H groups in total. The fourth-order valence-corrected chi connectivity index (χ4v) is 3.61. The second-order valence-corrected chi connectivity index (χ2v) is 6.38. The van der Waals surface area contributed by atoms with Gasteiger partial charge in [-0.25, -0.2) is 0 Å². The van der Waals surface area contributed by atoms with Crippen LogP contribution in [-0.4, -0.2) is 55.4 Å². The Hall–Kier alpha value is -1.70. The van der Waals surface area contributed by atoms with Gasteiger partial charge in [0.2, 0.25) is 0 Å². The van der Waals surface area contributed by atoms with Crippen molar-refractivity contribution in [1.29, 1.82) is 0 Å². The summed E-state index contributed by atoms with van der Waals surface area (Å²) in [5, 5.41) is 19.3. The Bertz CT molecular complexity index is 674. The maximum atomic E-state index is 10.6. The fraction of sp³-hybridized carbons (Fsp3) is 0.625. The molecule has 0 saturated carbocycles. The average Bonchev–Trinajstić information content (AvgIpc) is 3.20. The molecule has 124 valence electrons. The number of nitrogens with zero attached hydrogens (tertiary/aromatic N) is 5. The number of aliphatic hydroxyl groups is 1. The summed E-state index contributed by atoms with van der Waals surface area (Å²) in [4.78, 5) is 2.53. The van der Waals surface area contributed by atoms with Crippen LogP contribution in [0.2, 0.25) is 0 Å². The van der Waals surface area contributed by atoms with Crippen LogP contribution in [0, 0.1) is 0 Å². The first-order valence-electron chi connectivity index (χ1n) is 8.27. The molecule has 0 amide bonds. The number of aliphatic hydroxyl groups excluding tert-OH is 1. The highest BCUT2D eigenvalue weighted by Gasteiger charge is 2.27. The second-order valence-electron chi connectivity index (χ2n) is 6.38. The summed E-state index contributed by atoms with van der Waals surface area (Å²) in [6.45, 7) is 4.52.